The number of sulfonamides is 1. The number of carbonyl (C=O) groups is 1. The summed E-state index contributed by atoms with van der Waals surface area (Å²) < 4.78 is 28.3. The molecule has 2 aliphatic heterocycles. The Balaban J connectivity index is 1.47. The van der Waals surface area contributed by atoms with Gasteiger partial charge in [0, 0.05) is 49.9 Å². The number of benzene rings is 2. The predicted molar refractivity (Wildman–Crippen MR) is 123 cm³/mol. The number of amides is 1. The summed E-state index contributed by atoms with van der Waals surface area (Å²) in [6.07, 6.45) is 1.46. The minimum absolute atomic E-state index is 0.0184. The van der Waals surface area contributed by atoms with Crippen LogP contribution in [0.5, 0.6) is 0 Å². The zero-order chi connectivity index (χ0) is 22.2. The third-order valence-corrected chi connectivity index (χ3v) is 8.26. The summed E-state index contributed by atoms with van der Waals surface area (Å²) in [6.45, 7) is 6.81. The van der Waals surface area contributed by atoms with Gasteiger partial charge >= 0.3 is 0 Å². The molecule has 2 aromatic rings. The van der Waals surface area contributed by atoms with Crippen LogP contribution in [0.15, 0.2) is 47.4 Å². The highest BCUT2D eigenvalue weighted by molar-refractivity contribution is 7.89. The van der Waals surface area contributed by atoms with E-state index in [1.165, 1.54) is 5.56 Å². The maximum absolute atomic E-state index is 13.4. The largest absolute Gasteiger partial charge is 0.309 e. The fraction of sp³-hybridized carbons (Fsp3) is 0.435. The van der Waals surface area contributed by atoms with E-state index in [0.29, 0.717) is 36.0 Å². The number of nitrogens with zero attached hydrogens (tertiary/aromatic N) is 3. The average Bonchev–Trinajstić information content (AvgIpc) is 2.88. The Morgan fingerprint density at radius 3 is 2.52 bits per heavy atom. The van der Waals surface area contributed by atoms with Crippen molar-refractivity contribution in [2.45, 2.75) is 44.2 Å². The zero-order valence-corrected chi connectivity index (χ0v) is 19.5. The predicted octanol–water partition coefficient (Wildman–Crippen LogP) is 3.53. The molecule has 1 amide bonds. The van der Waals surface area contributed by atoms with Gasteiger partial charge in [-0.25, -0.2) is 8.42 Å². The molecule has 2 aromatic carbocycles. The molecule has 1 saturated heterocycles. The van der Waals surface area contributed by atoms with Crippen LogP contribution in [0.3, 0.4) is 0 Å². The first kappa shape index (κ1) is 22.3. The molecular weight excluding hydrogens is 434 g/mol. The summed E-state index contributed by atoms with van der Waals surface area (Å²) in [7, 11) is -3.58. The number of hydrogen-bond donors (Lipinski definition) is 0. The van der Waals surface area contributed by atoms with Gasteiger partial charge in [-0.2, -0.15) is 4.31 Å². The molecule has 0 N–H and O–H groups in total. The van der Waals surface area contributed by atoms with Gasteiger partial charge in [-0.1, -0.05) is 23.7 Å². The van der Waals surface area contributed by atoms with Crippen LogP contribution in [-0.2, 0) is 27.8 Å². The Morgan fingerprint density at radius 2 is 1.81 bits per heavy atom. The van der Waals surface area contributed by atoms with E-state index in [2.05, 4.69) is 4.90 Å². The molecule has 166 valence electrons. The first-order valence-corrected chi connectivity index (χ1v) is 12.5. The highest BCUT2D eigenvalue weighted by atomic mass is 35.5. The minimum Gasteiger partial charge on any atom is -0.309 e. The molecule has 0 aromatic heterocycles. The van der Waals surface area contributed by atoms with E-state index in [9.17, 15) is 13.2 Å². The topological polar surface area (TPSA) is 60.9 Å². The quantitative estimate of drug-likeness (QED) is 0.698. The van der Waals surface area contributed by atoms with Crippen LogP contribution in [0.1, 0.15) is 31.4 Å². The van der Waals surface area contributed by atoms with E-state index in [1.807, 2.05) is 31.2 Å². The van der Waals surface area contributed by atoms with Crippen LogP contribution in [0.4, 0.5) is 5.69 Å². The standard InChI is InChI=1S/C23H28ClN3O3S/c1-17-14-20-15-22(8-9-23(20)27(17)18(2)28)31(29,30)26-11-3-10-25(12-13-26)16-19-4-6-21(24)7-5-19/h4-9,15,17H,3,10-14,16H2,1-2H3. The molecule has 1 unspecified atom stereocenters. The first-order chi connectivity index (χ1) is 14.8. The Morgan fingerprint density at radius 1 is 1.06 bits per heavy atom. The molecule has 1 fully saturated rings. The van der Waals surface area contributed by atoms with Gasteiger partial charge in [-0.15, -0.1) is 0 Å². The number of rotatable bonds is 4. The summed E-state index contributed by atoms with van der Waals surface area (Å²) in [5, 5.41) is 0.715. The van der Waals surface area contributed by atoms with Gasteiger partial charge in [0.05, 0.1) is 4.90 Å². The Bertz CT molecular complexity index is 1070. The van der Waals surface area contributed by atoms with Crippen LogP contribution < -0.4 is 4.90 Å². The molecule has 0 aliphatic carbocycles. The van der Waals surface area contributed by atoms with E-state index in [0.717, 1.165) is 30.8 Å². The molecule has 2 aliphatic rings. The van der Waals surface area contributed by atoms with Crippen molar-refractivity contribution in [3.8, 4) is 0 Å². The minimum atomic E-state index is -3.58. The summed E-state index contributed by atoms with van der Waals surface area (Å²) in [5.74, 6) is -0.0184. The zero-order valence-electron chi connectivity index (χ0n) is 17.9. The number of fused-ring (bicyclic) bond motifs is 1. The SMILES string of the molecule is CC(=O)N1c2ccc(S(=O)(=O)N3CCCN(Cc4ccc(Cl)cc4)CC3)cc2CC1C. The molecule has 6 nitrogen and oxygen atoms in total. The average molecular weight is 462 g/mol. The van der Waals surface area contributed by atoms with Gasteiger partial charge in [-0.05, 0) is 67.8 Å². The van der Waals surface area contributed by atoms with E-state index < -0.39 is 10.0 Å². The lowest BCUT2D eigenvalue weighted by Crippen LogP contribution is -2.35. The Labute approximate surface area is 189 Å². The summed E-state index contributed by atoms with van der Waals surface area (Å²) in [4.78, 5) is 16.3. The highest BCUT2D eigenvalue weighted by Crippen LogP contribution is 2.34. The molecule has 0 spiro atoms. The summed E-state index contributed by atoms with van der Waals surface area (Å²) in [6, 6.07) is 13.0. The maximum Gasteiger partial charge on any atom is 0.243 e. The fourth-order valence-electron chi connectivity index (χ4n) is 4.59. The number of halogens is 1. The van der Waals surface area contributed by atoms with E-state index in [1.54, 1.807) is 34.3 Å². The van der Waals surface area contributed by atoms with E-state index >= 15 is 0 Å². The van der Waals surface area contributed by atoms with Crippen molar-refractivity contribution in [1.82, 2.24) is 9.21 Å². The second-order valence-electron chi connectivity index (χ2n) is 8.39. The molecule has 0 saturated carbocycles. The van der Waals surface area contributed by atoms with Gasteiger partial charge < -0.3 is 4.90 Å². The van der Waals surface area contributed by atoms with Crippen LogP contribution in [0, 0.1) is 0 Å². The molecular formula is C23H28ClN3O3S. The lowest BCUT2D eigenvalue weighted by atomic mass is 10.1. The van der Waals surface area contributed by atoms with E-state index in [4.69, 9.17) is 11.6 Å². The van der Waals surface area contributed by atoms with Crippen molar-refractivity contribution in [2.75, 3.05) is 31.1 Å². The molecule has 4 rings (SSSR count). The van der Waals surface area contributed by atoms with Gasteiger partial charge in [0.2, 0.25) is 15.9 Å². The maximum atomic E-state index is 13.4. The van der Waals surface area contributed by atoms with Crippen LogP contribution in [-0.4, -0.2) is 55.8 Å². The second kappa shape index (κ2) is 8.90. The lowest BCUT2D eigenvalue weighted by molar-refractivity contribution is -0.116. The van der Waals surface area contributed by atoms with Gasteiger partial charge in [0.25, 0.3) is 0 Å². The molecule has 31 heavy (non-hydrogen) atoms. The third kappa shape index (κ3) is 4.65. The third-order valence-electron chi connectivity index (χ3n) is 6.11. The van der Waals surface area contributed by atoms with Crippen LogP contribution in [0.2, 0.25) is 5.02 Å². The van der Waals surface area contributed by atoms with Crippen molar-refractivity contribution in [1.29, 1.82) is 0 Å². The Kier molecular flexibility index (Phi) is 6.40. The van der Waals surface area contributed by atoms with Crippen molar-refractivity contribution in [3.05, 3.63) is 58.6 Å². The second-order valence-corrected chi connectivity index (χ2v) is 10.8. The van der Waals surface area contributed by atoms with Crippen molar-refractivity contribution < 1.29 is 13.2 Å². The van der Waals surface area contributed by atoms with Crippen molar-refractivity contribution >= 4 is 33.2 Å². The van der Waals surface area contributed by atoms with Crippen molar-refractivity contribution in [2.24, 2.45) is 0 Å². The van der Waals surface area contributed by atoms with Crippen LogP contribution in [0.25, 0.3) is 0 Å². The van der Waals surface area contributed by atoms with Crippen molar-refractivity contribution in [3.63, 3.8) is 0 Å². The first-order valence-electron chi connectivity index (χ1n) is 10.7. The van der Waals surface area contributed by atoms with Crippen LogP contribution >= 0.6 is 11.6 Å². The fourth-order valence-corrected chi connectivity index (χ4v) is 6.24. The van der Waals surface area contributed by atoms with Gasteiger partial charge in [0.1, 0.15) is 0 Å². The molecule has 2 heterocycles. The van der Waals surface area contributed by atoms with Gasteiger partial charge in [0.15, 0.2) is 0 Å². The number of anilines is 1. The number of carbonyl (C=O) groups excluding carboxylic acids is 1. The molecule has 0 radical (unpaired) electrons. The normalized spacial score (nSPS) is 20.5. The summed E-state index contributed by atoms with van der Waals surface area (Å²) in [5.41, 5.74) is 2.91. The van der Waals surface area contributed by atoms with E-state index in [-0.39, 0.29) is 11.9 Å². The Hall–Kier alpha value is -1.93. The highest BCUT2D eigenvalue weighted by Gasteiger charge is 2.32. The molecule has 8 heteroatoms. The number of hydrogen-bond acceptors (Lipinski definition) is 4. The van der Waals surface area contributed by atoms with Gasteiger partial charge in [-0.3, -0.25) is 9.69 Å². The smallest absolute Gasteiger partial charge is 0.243 e. The summed E-state index contributed by atoms with van der Waals surface area (Å²) >= 11 is 5.97. The monoisotopic (exact) mass is 461 g/mol. The lowest BCUT2D eigenvalue weighted by Gasteiger charge is -2.23. The molecule has 1 atom stereocenters. The molecule has 0 bridgehead atoms.